The molecule has 4 nitrogen and oxygen atoms in total. The van der Waals surface area contributed by atoms with E-state index >= 15 is 0 Å². The average Bonchev–Trinajstić information content (AvgIpc) is 2.93. The molecule has 1 saturated carbocycles. The van der Waals surface area contributed by atoms with Crippen LogP contribution < -0.4 is 5.73 Å². The molecule has 13 heavy (non-hydrogen) atoms. The van der Waals surface area contributed by atoms with E-state index < -0.39 is 0 Å². The lowest BCUT2D eigenvalue weighted by atomic mass is 10.2. The summed E-state index contributed by atoms with van der Waals surface area (Å²) < 4.78 is 1.80. The number of anilines is 1. The van der Waals surface area contributed by atoms with E-state index in [2.05, 4.69) is 22.3 Å². The summed E-state index contributed by atoms with van der Waals surface area (Å²) >= 11 is 0. The number of nitrogen functional groups attached to an aromatic ring is 1. The molecular weight excluding hydrogens is 164 g/mol. The van der Waals surface area contributed by atoms with Gasteiger partial charge in [-0.05, 0) is 36.5 Å². The van der Waals surface area contributed by atoms with Gasteiger partial charge in [-0.25, -0.2) is 0 Å². The summed E-state index contributed by atoms with van der Waals surface area (Å²) in [6, 6.07) is 4.17. The number of rotatable bonds is 1. The van der Waals surface area contributed by atoms with Crippen LogP contribution in [0.3, 0.4) is 0 Å². The molecule has 4 heteroatoms. The summed E-state index contributed by atoms with van der Waals surface area (Å²) in [4.78, 5) is 0. The van der Waals surface area contributed by atoms with Crippen LogP contribution in [0.25, 0.3) is 5.65 Å². The van der Waals surface area contributed by atoms with Crippen molar-refractivity contribution >= 4 is 11.6 Å². The Labute approximate surface area is 75.4 Å². The molecule has 0 bridgehead atoms. The molecule has 1 aliphatic carbocycles. The van der Waals surface area contributed by atoms with E-state index in [0.717, 1.165) is 11.6 Å². The summed E-state index contributed by atoms with van der Waals surface area (Å²) in [6.45, 7) is 0. The average molecular weight is 174 g/mol. The molecule has 2 heterocycles. The van der Waals surface area contributed by atoms with Crippen LogP contribution in [0, 0.1) is 0 Å². The molecule has 3 rings (SSSR count). The predicted molar refractivity (Wildman–Crippen MR) is 49.4 cm³/mol. The van der Waals surface area contributed by atoms with Crippen LogP contribution in [-0.2, 0) is 0 Å². The van der Waals surface area contributed by atoms with Crippen LogP contribution in [-0.4, -0.2) is 14.6 Å². The van der Waals surface area contributed by atoms with Crippen molar-refractivity contribution in [3.05, 3.63) is 23.9 Å². The summed E-state index contributed by atoms with van der Waals surface area (Å²) in [6.07, 6.45) is 4.55. The summed E-state index contributed by atoms with van der Waals surface area (Å²) in [5.41, 5.74) is 7.82. The molecule has 0 aromatic carbocycles. The highest BCUT2D eigenvalue weighted by Crippen LogP contribution is 2.40. The third-order valence-electron chi connectivity index (χ3n) is 2.51. The van der Waals surface area contributed by atoms with Crippen molar-refractivity contribution in [1.82, 2.24) is 14.6 Å². The van der Waals surface area contributed by atoms with Crippen LogP contribution in [0.5, 0.6) is 0 Å². The highest BCUT2D eigenvalue weighted by Gasteiger charge is 2.23. The van der Waals surface area contributed by atoms with E-state index in [1.54, 1.807) is 4.40 Å². The fourth-order valence-electron chi connectivity index (χ4n) is 1.60. The predicted octanol–water partition coefficient (Wildman–Crippen LogP) is 1.19. The van der Waals surface area contributed by atoms with Crippen LogP contribution in [0.2, 0.25) is 0 Å². The molecule has 2 aromatic rings. The van der Waals surface area contributed by atoms with Gasteiger partial charge < -0.3 is 5.73 Å². The van der Waals surface area contributed by atoms with E-state index in [1.165, 1.54) is 18.4 Å². The second-order valence-corrected chi connectivity index (χ2v) is 3.52. The van der Waals surface area contributed by atoms with Gasteiger partial charge in [0.1, 0.15) is 0 Å². The Balaban J connectivity index is 2.21. The molecule has 0 amide bonds. The second kappa shape index (κ2) is 2.22. The molecule has 0 radical (unpaired) electrons. The van der Waals surface area contributed by atoms with E-state index in [9.17, 15) is 0 Å². The molecule has 1 aliphatic rings. The van der Waals surface area contributed by atoms with E-state index in [0.29, 0.717) is 5.95 Å². The van der Waals surface area contributed by atoms with E-state index in [-0.39, 0.29) is 0 Å². The summed E-state index contributed by atoms with van der Waals surface area (Å²) in [7, 11) is 0. The van der Waals surface area contributed by atoms with Crippen molar-refractivity contribution in [3.8, 4) is 0 Å². The van der Waals surface area contributed by atoms with Crippen molar-refractivity contribution in [2.24, 2.45) is 0 Å². The molecular formula is C9H10N4. The lowest BCUT2D eigenvalue weighted by Gasteiger charge is -1.98. The minimum atomic E-state index is 0.456. The minimum Gasteiger partial charge on any atom is -0.368 e. The van der Waals surface area contributed by atoms with E-state index in [4.69, 9.17) is 5.73 Å². The smallest absolute Gasteiger partial charge is 0.226 e. The normalized spacial score (nSPS) is 16.6. The number of pyridine rings is 1. The maximum Gasteiger partial charge on any atom is 0.226 e. The van der Waals surface area contributed by atoms with Crippen LogP contribution in [0.1, 0.15) is 24.3 Å². The molecule has 0 atom stereocenters. The largest absolute Gasteiger partial charge is 0.368 e. The molecule has 2 N–H and O–H groups in total. The number of aromatic nitrogens is 3. The molecule has 1 fully saturated rings. The number of nitrogens with zero attached hydrogens (tertiary/aromatic N) is 3. The van der Waals surface area contributed by atoms with Crippen molar-refractivity contribution in [2.75, 3.05) is 5.73 Å². The molecule has 66 valence electrons. The van der Waals surface area contributed by atoms with Gasteiger partial charge in [-0.1, -0.05) is 0 Å². The Morgan fingerprint density at radius 2 is 2.23 bits per heavy atom. The highest BCUT2D eigenvalue weighted by molar-refractivity contribution is 5.46. The Hall–Kier alpha value is -1.58. The Morgan fingerprint density at radius 1 is 1.38 bits per heavy atom. The molecule has 0 spiro atoms. The number of fused-ring (bicyclic) bond motifs is 1. The maximum atomic E-state index is 5.61. The quantitative estimate of drug-likeness (QED) is 0.706. The minimum absolute atomic E-state index is 0.456. The zero-order valence-corrected chi connectivity index (χ0v) is 7.14. The third-order valence-corrected chi connectivity index (χ3v) is 2.51. The first-order valence-electron chi connectivity index (χ1n) is 4.45. The maximum absolute atomic E-state index is 5.61. The number of hydrogen-bond donors (Lipinski definition) is 1. The molecule has 0 saturated heterocycles. The fourth-order valence-corrected chi connectivity index (χ4v) is 1.60. The van der Waals surface area contributed by atoms with Gasteiger partial charge in [-0.2, -0.15) is 0 Å². The molecule has 2 aromatic heterocycles. The van der Waals surface area contributed by atoms with Gasteiger partial charge in [-0.15, -0.1) is 10.2 Å². The lowest BCUT2D eigenvalue weighted by molar-refractivity contribution is 1.09. The van der Waals surface area contributed by atoms with Gasteiger partial charge in [-0.3, -0.25) is 4.40 Å². The van der Waals surface area contributed by atoms with Gasteiger partial charge in [0.15, 0.2) is 5.65 Å². The van der Waals surface area contributed by atoms with Crippen LogP contribution >= 0.6 is 0 Å². The zero-order valence-electron chi connectivity index (χ0n) is 7.14. The monoisotopic (exact) mass is 174 g/mol. The van der Waals surface area contributed by atoms with Crippen LogP contribution in [0.15, 0.2) is 18.3 Å². The van der Waals surface area contributed by atoms with E-state index in [1.807, 2.05) is 6.20 Å². The first-order valence-corrected chi connectivity index (χ1v) is 4.45. The standard InChI is InChI=1S/C9H10N4/c10-9-12-11-8-5-7(6-1-2-6)3-4-13(8)9/h3-6H,1-2H2,(H2,10,12). The van der Waals surface area contributed by atoms with Gasteiger partial charge in [0.25, 0.3) is 0 Å². The van der Waals surface area contributed by atoms with Gasteiger partial charge in [0.2, 0.25) is 5.95 Å². The second-order valence-electron chi connectivity index (χ2n) is 3.52. The zero-order chi connectivity index (χ0) is 8.84. The topological polar surface area (TPSA) is 56.2 Å². The van der Waals surface area contributed by atoms with Crippen LogP contribution in [0.4, 0.5) is 5.95 Å². The van der Waals surface area contributed by atoms with Gasteiger partial charge in [0.05, 0.1) is 0 Å². The Morgan fingerprint density at radius 3 is 3.00 bits per heavy atom. The third kappa shape index (κ3) is 0.983. The first-order chi connectivity index (χ1) is 6.34. The van der Waals surface area contributed by atoms with Crippen molar-refractivity contribution in [1.29, 1.82) is 0 Å². The van der Waals surface area contributed by atoms with Crippen molar-refractivity contribution < 1.29 is 0 Å². The number of hydrogen-bond acceptors (Lipinski definition) is 3. The Bertz CT molecular complexity index is 456. The van der Waals surface area contributed by atoms with Crippen molar-refractivity contribution in [3.63, 3.8) is 0 Å². The molecule has 0 unspecified atom stereocenters. The SMILES string of the molecule is Nc1nnc2cc(C3CC3)ccn12. The number of nitrogens with two attached hydrogens (primary N) is 1. The van der Waals surface area contributed by atoms with Gasteiger partial charge >= 0.3 is 0 Å². The molecule has 0 aliphatic heterocycles. The highest BCUT2D eigenvalue weighted by atomic mass is 15.3. The van der Waals surface area contributed by atoms with Gasteiger partial charge in [0, 0.05) is 6.20 Å². The summed E-state index contributed by atoms with van der Waals surface area (Å²) in [5, 5.41) is 7.78. The first kappa shape index (κ1) is 6.88. The summed E-state index contributed by atoms with van der Waals surface area (Å²) in [5.74, 6) is 1.21. The van der Waals surface area contributed by atoms with Crippen molar-refractivity contribution in [2.45, 2.75) is 18.8 Å². The lowest BCUT2D eigenvalue weighted by Crippen LogP contribution is -1.93. The Kier molecular flexibility index (Phi) is 1.17. The fraction of sp³-hybridized carbons (Fsp3) is 0.333.